The number of amides is 1. The monoisotopic (exact) mass is 302 g/mol. The Morgan fingerprint density at radius 3 is 2.65 bits per heavy atom. The van der Waals surface area contributed by atoms with Gasteiger partial charge in [-0.1, -0.05) is 0 Å². The number of carbonyl (C=O) groups is 1. The molecule has 1 amide bonds. The van der Waals surface area contributed by atoms with Gasteiger partial charge >= 0.3 is 0 Å². The normalized spacial score (nSPS) is 11.6. The molecular weight excluding hydrogens is 284 g/mol. The van der Waals surface area contributed by atoms with Crippen molar-refractivity contribution >= 4 is 21.6 Å². The molecule has 1 heterocycles. The van der Waals surface area contributed by atoms with Crippen LogP contribution in [0.2, 0.25) is 0 Å². The van der Waals surface area contributed by atoms with E-state index < -0.39 is 15.9 Å². The Kier molecular flexibility index (Phi) is 5.28. The third kappa shape index (κ3) is 4.67. The van der Waals surface area contributed by atoms with Gasteiger partial charge in [-0.05, 0) is 6.07 Å². The Balaban J connectivity index is 2.53. The molecule has 0 radical (unpaired) electrons. The predicted octanol–water partition coefficient (Wildman–Crippen LogP) is -1.56. The zero-order valence-corrected chi connectivity index (χ0v) is 12.2. The minimum atomic E-state index is -3.35. The molecule has 20 heavy (non-hydrogen) atoms. The van der Waals surface area contributed by atoms with Crippen LogP contribution in [0.5, 0.6) is 0 Å². The average Bonchev–Trinajstić information content (AvgIpc) is 2.33. The van der Waals surface area contributed by atoms with Gasteiger partial charge in [-0.15, -0.1) is 0 Å². The molecule has 0 unspecified atom stereocenters. The molecule has 0 saturated carbocycles. The highest BCUT2D eigenvalue weighted by Gasteiger charge is 2.13. The van der Waals surface area contributed by atoms with Crippen LogP contribution in [-0.4, -0.2) is 49.6 Å². The quantitative estimate of drug-likeness (QED) is 0.659. The number of carbonyl (C=O) groups excluding carboxylic acids is 1. The van der Waals surface area contributed by atoms with Crippen molar-refractivity contribution in [3.63, 3.8) is 0 Å². The molecule has 0 aromatic carbocycles. The van der Waals surface area contributed by atoms with E-state index in [2.05, 4.69) is 5.32 Å². The second-order valence-corrected chi connectivity index (χ2v) is 6.68. The summed E-state index contributed by atoms with van der Waals surface area (Å²) in [5.41, 5.74) is 5.53. The van der Waals surface area contributed by atoms with E-state index in [1.54, 1.807) is 0 Å². The fourth-order valence-corrected chi connectivity index (χ4v) is 2.11. The number of nitrogens with zero attached hydrogens (tertiary/aromatic N) is 2. The van der Waals surface area contributed by atoms with Gasteiger partial charge in [-0.2, -0.15) is 0 Å². The molecule has 0 atom stereocenters. The summed E-state index contributed by atoms with van der Waals surface area (Å²) in [4.78, 5) is 23.1. The van der Waals surface area contributed by atoms with E-state index in [0.29, 0.717) is 5.69 Å². The zero-order valence-electron chi connectivity index (χ0n) is 11.4. The van der Waals surface area contributed by atoms with E-state index in [1.807, 2.05) is 0 Å². The van der Waals surface area contributed by atoms with Crippen LogP contribution in [-0.2, 0) is 21.4 Å². The summed E-state index contributed by atoms with van der Waals surface area (Å²) in [6.07, 6.45) is 1.36. The number of pyridine rings is 1. The van der Waals surface area contributed by atoms with E-state index >= 15 is 0 Å². The molecule has 3 N–H and O–H groups in total. The molecular formula is C11H18N4O4S. The molecule has 112 valence electrons. The predicted molar refractivity (Wildman–Crippen MR) is 75.6 cm³/mol. The number of rotatable bonds is 6. The molecule has 8 nitrogen and oxygen atoms in total. The summed E-state index contributed by atoms with van der Waals surface area (Å²) in [6.45, 7) is -0.220. The SMILES string of the molecule is CN(C)S(=O)(=O)CCNC(=O)Cn1cc(N)ccc1=O. The minimum Gasteiger partial charge on any atom is -0.398 e. The van der Waals surface area contributed by atoms with E-state index in [0.717, 1.165) is 8.87 Å². The minimum absolute atomic E-state index is 0.0174. The first-order valence-corrected chi connectivity index (χ1v) is 7.46. The lowest BCUT2D eigenvalue weighted by atomic mass is 10.4. The van der Waals surface area contributed by atoms with E-state index in [1.165, 1.54) is 32.4 Å². The maximum Gasteiger partial charge on any atom is 0.251 e. The van der Waals surface area contributed by atoms with Crippen LogP contribution in [0.4, 0.5) is 5.69 Å². The summed E-state index contributed by atoms with van der Waals surface area (Å²) in [7, 11) is -0.511. The summed E-state index contributed by atoms with van der Waals surface area (Å²) < 4.78 is 25.2. The van der Waals surface area contributed by atoms with E-state index in [-0.39, 0.29) is 24.4 Å². The van der Waals surface area contributed by atoms with Crippen molar-refractivity contribution in [2.24, 2.45) is 0 Å². The first-order chi connectivity index (χ1) is 9.22. The highest BCUT2D eigenvalue weighted by Crippen LogP contribution is 1.96. The number of aromatic nitrogens is 1. The second-order valence-electron chi connectivity index (χ2n) is 4.38. The van der Waals surface area contributed by atoms with Crippen molar-refractivity contribution in [1.29, 1.82) is 0 Å². The first-order valence-electron chi connectivity index (χ1n) is 5.85. The molecule has 1 aromatic heterocycles. The standard InChI is InChI=1S/C11H18N4O4S/c1-14(2)20(18,19)6-5-13-10(16)8-15-7-9(12)3-4-11(15)17/h3-4,7H,5-6,8,12H2,1-2H3,(H,13,16). The smallest absolute Gasteiger partial charge is 0.251 e. The van der Waals surface area contributed by atoms with Crippen molar-refractivity contribution in [3.8, 4) is 0 Å². The highest BCUT2D eigenvalue weighted by atomic mass is 32.2. The number of nitrogens with two attached hydrogens (primary N) is 1. The Hall–Kier alpha value is -1.87. The Bertz CT molecular complexity index is 636. The molecule has 0 saturated heterocycles. The van der Waals surface area contributed by atoms with Gasteiger partial charge in [0.2, 0.25) is 15.9 Å². The molecule has 1 aromatic rings. The van der Waals surface area contributed by atoms with Gasteiger partial charge in [-0.3, -0.25) is 9.59 Å². The third-order valence-electron chi connectivity index (χ3n) is 2.56. The van der Waals surface area contributed by atoms with Crippen LogP contribution in [0.25, 0.3) is 0 Å². The van der Waals surface area contributed by atoms with Gasteiger partial charge in [0.05, 0.1) is 5.75 Å². The van der Waals surface area contributed by atoms with Crippen LogP contribution in [0.3, 0.4) is 0 Å². The topological polar surface area (TPSA) is 114 Å². The van der Waals surface area contributed by atoms with Crippen LogP contribution < -0.4 is 16.6 Å². The lowest BCUT2D eigenvalue weighted by Gasteiger charge is -2.12. The maximum absolute atomic E-state index is 11.6. The summed E-state index contributed by atoms with van der Waals surface area (Å²) in [5, 5.41) is 2.44. The van der Waals surface area contributed by atoms with Crippen molar-refractivity contribution < 1.29 is 13.2 Å². The van der Waals surface area contributed by atoms with Crippen LogP contribution in [0.15, 0.2) is 23.1 Å². The van der Waals surface area contributed by atoms with Crippen LogP contribution in [0, 0.1) is 0 Å². The summed E-state index contributed by atoms with van der Waals surface area (Å²) in [6, 6.07) is 2.71. The first kappa shape index (κ1) is 16.2. The number of hydrogen-bond acceptors (Lipinski definition) is 5. The number of hydrogen-bond donors (Lipinski definition) is 2. The lowest BCUT2D eigenvalue weighted by Crippen LogP contribution is -2.36. The number of anilines is 1. The summed E-state index contributed by atoms with van der Waals surface area (Å²) >= 11 is 0. The molecule has 1 rings (SSSR count). The molecule has 0 spiro atoms. The fraction of sp³-hybridized carbons (Fsp3) is 0.455. The van der Waals surface area contributed by atoms with Gasteiger partial charge in [0.25, 0.3) is 5.56 Å². The number of nitrogen functional groups attached to an aromatic ring is 1. The third-order valence-corrected chi connectivity index (χ3v) is 4.39. The highest BCUT2D eigenvalue weighted by molar-refractivity contribution is 7.89. The maximum atomic E-state index is 11.6. The van der Waals surface area contributed by atoms with Crippen molar-refractivity contribution in [2.45, 2.75) is 6.54 Å². The Morgan fingerprint density at radius 1 is 1.40 bits per heavy atom. The zero-order chi connectivity index (χ0) is 15.3. The van der Waals surface area contributed by atoms with Crippen molar-refractivity contribution in [2.75, 3.05) is 32.1 Å². The second kappa shape index (κ2) is 6.53. The van der Waals surface area contributed by atoms with Gasteiger partial charge in [0, 0.05) is 38.6 Å². The van der Waals surface area contributed by atoms with Crippen LogP contribution in [0.1, 0.15) is 0 Å². The average molecular weight is 302 g/mol. The van der Waals surface area contributed by atoms with Crippen LogP contribution >= 0.6 is 0 Å². The summed E-state index contributed by atoms with van der Waals surface area (Å²) in [5.74, 6) is -0.649. The lowest BCUT2D eigenvalue weighted by molar-refractivity contribution is -0.121. The molecule has 0 fully saturated rings. The Labute approximate surface area is 117 Å². The molecule has 9 heteroatoms. The number of nitrogens with one attached hydrogen (secondary N) is 1. The molecule has 0 aliphatic heterocycles. The number of sulfonamides is 1. The van der Waals surface area contributed by atoms with Gasteiger partial charge in [0.1, 0.15) is 6.54 Å². The van der Waals surface area contributed by atoms with Crippen molar-refractivity contribution in [1.82, 2.24) is 14.2 Å². The molecule has 0 aliphatic carbocycles. The molecule has 0 bridgehead atoms. The van der Waals surface area contributed by atoms with Gasteiger partial charge < -0.3 is 15.6 Å². The van der Waals surface area contributed by atoms with Crippen molar-refractivity contribution in [3.05, 3.63) is 28.7 Å². The fourth-order valence-electron chi connectivity index (χ4n) is 1.39. The van der Waals surface area contributed by atoms with E-state index in [9.17, 15) is 18.0 Å². The van der Waals surface area contributed by atoms with Gasteiger partial charge in [-0.25, -0.2) is 12.7 Å². The van der Waals surface area contributed by atoms with E-state index in [4.69, 9.17) is 5.73 Å². The molecule has 0 aliphatic rings. The largest absolute Gasteiger partial charge is 0.398 e. The van der Waals surface area contributed by atoms with Gasteiger partial charge in [0.15, 0.2) is 0 Å². The Morgan fingerprint density at radius 2 is 2.05 bits per heavy atom.